The number of methoxy groups -OCH3 is 1. The van der Waals surface area contributed by atoms with E-state index in [-0.39, 0.29) is 12.2 Å². The van der Waals surface area contributed by atoms with Gasteiger partial charge in [-0.15, -0.1) is 0 Å². The third-order valence-corrected chi connectivity index (χ3v) is 1.95. The van der Waals surface area contributed by atoms with Crippen molar-refractivity contribution in [1.29, 1.82) is 0 Å². The van der Waals surface area contributed by atoms with Crippen LogP contribution in [0.1, 0.15) is 12.8 Å². The van der Waals surface area contributed by atoms with Crippen molar-refractivity contribution in [2.45, 2.75) is 25.0 Å². The van der Waals surface area contributed by atoms with Crippen LogP contribution in [-0.2, 0) is 4.74 Å². The number of hydrogen-bond acceptors (Lipinski definition) is 3. The molecule has 0 saturated carbocycles. The van der Waals surface area contributed by atoms with Gasteiger partial charge >= 0.3 is 0 Å². The number of hydrogen-bond donors (Lipinski definition) is 2. The van der Waals surface area contributed by atoms with Gasteiger partial charge in [0.25, 0.3) is 0 Å². The lowest BCUT2D eigenvalue weighted by Crippen LogP contribution is -2.27. The predicted octanol–water partition coefficient (Wildman–Crippen LogP) is -0.254. The van der Waals surface area contributed by atoms with Crippen molar-refractivity contribution in [2.24, 2.45) is 0 Å². The van der Waals surface area contributed by atoms with Crippen molar-refractivity contribution >= 4 is 0 Å². The van der Waals surface area contributed by atoms with Crippen molar-refractivity contribution in [3.8, 4) is 0 Å². The van der Waals surface area contributed by atoms with E-state index in [0.717, 1.165) is 25.9 Å². The molecule has 1 saturated heterocycles. The summed E-state index contributed by atoms with van der Waals surface area (Å²) in [5.74, 6) is 0. The topological polar surface area (TPSA) is 41.5 Å². The van der Waals surface area contributed by atoms with Crippen LogP contribution < -0.4 is 5.32 Å². The molecule has 3 nitrogen and oxygen atoms in total. The molecule has 0 aromatic carbocycles. The molecule has 10 heavy (non-hydrogen) atoms. The number of aliphatic hydroxyl groups excluding tert-OH is 1. The van der Waals surface area contributed by atoms with Crippen LogP contribution in [0.2, 0.25) is 0 Å². The van der Waals surface area contributed by atoms with Crippen LogP contribution in [0.15, 0.2) is 0 Å². The molecule has 2 N–H and O–H groups in total. The van der Waals surface area contributed by atoms with Gasteiger partial charge in [0.05, 0.1) is 12.2 Å². The van der Waals surface area contributed by atoms with E-state index in [1.165, 1.54) is 0 Å². The molecule has 2 unspecified atom stereocenters. The van der Waals surface area contributed by atoms with E-state index >= 15 is 0 Å². The molecule has 1 aliphatic heterocycles. The van der Waals surface area contributed by atoms with Crippen molar-refractivity contribution in [2.75, 3.05) is 20.2 Å². The maximum atomic E-state index is 9.38. The molecular formula is C7H15NO2. The van der Waals surface area contributed by atoms with Crippen molar-refractivity contribution in [3.63, 3.8) is 0 Å². The second-order valence-electron chi connectivity index (χ2n) is 2.67. The third-order valence-electron chi connectivity index (χ3n) is 1.95. The molecule has 1 rings (SSSR count). The van der Waals surface area contributed by atoms with E-state index < -0.39 is 0 Å². The molecule has 1 heterocycles. The minimum atomic E-state index is -0.278. The minimum absolute atomic E-state index is 0.0370. The second-order valence-corrected chi connectivity index (χ2v) is 2.67. The smallest absolute Gasteiger partial charge is 0.0842 e. The van der Waals surface area contributed by atoms with Crippen LogP contribution >= 0.6 is 0 Å². The Bertz CT molecular complexity index is 97.6. The van der Waals surface area contributed by atoms with E-state index in [0.29, 0.717) is 0 Å². The molecule has 0 spiro atoms. The van der Waals surface area contributed by atoms with Gasteiger partial charge in [0.15, 0.2) is 0 Å². The molecule has 1 aliphatic rings. The summed E-state index contributed by atoms with van der Waals surface area (Å²) < 4.78 is 5.09. The number of nitrogens with one attached hydrogen (secondary N) is 1. The molecule has 0 amide bonds. The van der Waals surface area contributed by atoms with E-state index in [9.17, 15) is 5.11 Å². The fraction of sp³-hybridized carbons (Fsp3) is 1.00. The van der Waals surface area contributed by atoms with Crippen molar-refractivity contribution in [3.05, 3.63) is 0 Å². The Morgan fingerprint density at radius 3 is 2.80 bits per heavy atom. The summed E-state index contributed by atoms with van der Waals surface area (Å²) in [5, 5.41) is 12.6. The summed E-state index contributed by atoms with van der Waals surface area (Å²) in [5.41, 5.74) is 0. The van der Waals surface area contributed by atoms with Crippen LogP contribution in [0.5, 0.6) is 0 Å². The lowest BCUT2D eigenvalue weighted by atomic mass is 10.1. The first-order valence-electron chi connectivity index (χ1n) is 3.76. The van der Waals surface area contributed by atoms with Gasteiger partial charge in [-0.25, -0.2) is 0 Å². The lowest BCUT2D eigenvalue weighted by molar-refractivity contribution is -0.0122. The molecule has 3 heteroatoms. The standard InChI is InChI=1S/C7H15NO2/c1-10-7-3-5-8-4-2-6(7)9/h6-9H,2-5H2,1H3. The maximum Gasteiger partial charge on any atom is 0.0842 e. The van der Waals surface area contributed by atoms with Gasteiger partial charge in [0, 0.05) is 7.11 Å². The normalized spacial score (nSPS) is 35.4. The highest BCUT2D eigenvalue weighted by Crippen LogP contribution is 2.08. The maximum absolute atomic E-state index is 9.38. The Balaban J connectivity index is 2.35. The highest BCUT2D eigenvalue weighted by Gasteiger charge is 2.19. The Hall–Kier alpha value is -0.120. The minimum Gasteiger partial charge on any atom is -0.390 e. The monoisotopic (exact) mass is 145 g/mol. The van der Waals surface area contributed by atoms with E-state index in [1.807, 2.05) is 0 Å². The Labute approximate surface area is 61.4 Å². The molecule has 0 aliphatic carbocycles. The molecular weight excluding hydrogens is 130 g/mol. The van der Waals surface area contributed by atoms with E-state index in [2.05, 4.69) is 5.32 Å². The Kier molecular flexibility index (Phi) is 3.12. The van der Waals surface area contributed by atoms with Crippen molar-refractivity contribution < 1.29 is 9.84 Å². The summed E-state index contributed by atoms with van der Waals surface area (Å²) in [4.78, 5) is 0. The number of ether oxygens (including phenoxy) is 1. The highest BCUT2D eigenvalue weighted by molar-refractivity contribution is 4.74. The van der Waals surface area contributed by atoms with Gasteiger partial charge < -0.3 is 15.2 Å². The predicted molar refractivity (Wildman–Crippen MR) is 38.9 cm³/mol. The third kappa shape index (κ3) is 1.94. The van der Waals surface area contributed by atoms with Crippen LogP contribution in [0.25, 0.3) is 0 Å². The highest BCUT2D eigenvalue weighted by atomic mass is 16.5. The summed E-state index contributed by atoms with van der Waals surface area (Å²) in [6.07, 6.45) is 1.48. The first-order valence-corrected chi connectivity index (χ1v) is 3.76. The number of rotatable bonds is 1. The average Bonchev–Trinajstić information content (AvgIpc) is 2.13. The first kappa shape index (κ1) is 7.98. The molecule has 0 radical (unpaired) electrons. The van der Waals surface area contributed by atoms with Crippen LogP contribution in [-0.4, -0.2) is 37.5 Å². The van der Waals surface area contributed by atoms with Gasteiger partial charge in [-0.05, 0) is 25.9 Å². The van der Waals surface area contributed by atoms with Crippen molar-refractivity contribution in [1.82, 2.24) is 5.32 Å². The van der Waals surface area contributed by atoms with Gasteiger partial charge in [0.1, 0.15) is 0 Å². The zero-order valence-electron chi connectivity index (χ0n) is 6.34. The zero-order chi connectivity index (χ0) is 7.40. The van der Waals surface area contributed by atoms with Gasteiger partial charge in [-0.3, -0.25) is 0 Å². The summed E-state index contributed by atoms with van der Waals surface area (Å²) in [6, 6.07) is 0. The number of aliphatic hydroxyl groups is 1. The SMILES string of the molecule is COC1CCNCCC1O. The van der Waals surface area contributed by atoms with E-state index in [1.54, 1.807) is 7.11 Å². The quantitative estimate of drug-likeness (QED) is 0.534. The van der Waals surface area contributed by atoms with Crippen LogP contribution in [0.4, 0.5) is 0 Å². The summed E-state index contributed by atoms with van der Waals surface area (Å²) in [7, 11) is 1.65. The van der Waals surface area contributed by atoms with E-state index in [4.69, 9.17) is 4.74 Å². The van der Waals surface area contributed by atoms with Gasteiger partial charge in [-0.2, -0.15) is 0 Å². The molecule has 0 aromatic rings. The molecule has 0 aromatic heterocycles. The average molecular weight is 145 g/mol. The summed E-state index contributed by atoms with van der Waals surface area (Å²) >= 11 is 0. The zero-order valence-corrected chi connectivity index (χ0v) is 6.34. The lowest BCUT2D eigenvalue weighted by Gasteiger charge is -2.17. The Morgan fingerprint density at radius 2 is 2.10 bits per heavy atom. The largest absolute Gasteiger partial charge is 0.390 e. The Morgan fingerprint density at radius 1 is 1.40 bits per heavy atom. The molecule has 1 fully saturated rings. The van der Waals surface area contributed by atoms with Gasteiger partial charge in [0.2, 0.25) is 0 Å². The molecule has 60 valence electrons. The van der Waals surface area contributed by atoms with Crippen LogP contribution in [0, 0.1) is 0 Å². The van der Waals surface area contributed by atoms with Gasteiger partial charge in [-0.1, -0.05) is 0 Å². The molecule has 0 bridgehead atoms. The first-order chi connectivity index (χ1) is 4.84. The van der Waals surface area contributed by atoms with Crippen LogP contribution in [0.3, 0.4) is 0 Å². The second kappa shape index (κ2) is 3.91. The fourth-order valence-corrected chi connectivity index (χ4v) is 1.27. The fourth-order valence-electron chi connectivity index (χ4n) is 1.27. The molecule has 2 atom stereocenters. The summed E-state index contributed by atoms with van der Waals surface area (Å²) in [6.45, 7) is 1.86.